The van der Waals surface area contributed by atoms with Crippen LogP contribution < -0.4 is 5.32 Å². The van der Waals surface area contributed by atoms with Crippen molar-refractivity contribution in [2.24, 2.45) is 0 Å². The third-order valence-electron chi connectivity index (χ3n) is 11.9. The van der Waals surface area contributed by atoms with Crippen molar-refractivity contribution in [3.05, 3.63) is 24.3 Å². The minimum absolute atomic E-state index is 0.255. The van der Waals surface area contributed by atoms with E-state index in [1.165, 1.54) is 122 Å². The van der Waals surface area contributed by atoms with Gasteiger partial charge in [-0.05, 0) is 38.5 Å². The fourth-order valence-electron chi connectivity index (χ4n) is 7.93. The highest BCUT2D eigenvalue weighted by molar-refractivity contribution is 7.80. The summed E-state index contributed by atoms with van der Waals surface area (Å²) in [5.74, 6) is -0.673. The molecule has 1 rings (SSSR count). The number of nitrogens with one attached hydrogen (secondary N) is 1. The number of carbonyl (C=O) groups is 1. The topological polar surface area (TPSA) is 212 Å². The Morgan fingerprint density at radius 2 is 1.06 bits per heavy atom. The first-order valence-electron chi connectivity index (χ1n) is 24.8. The van der Waals surface area contributed by atoms with Gasteiger partial charge < -0.3 is 40.3 Å². The lowest BCUT2D eigenvalue weighted by atomic mass is 9.99. The third kappa shape index (κ3) is 30.6. The molecule has 0 aromatic carbocycles. The maximum Gasteiger partial charge on any atom is 0.397 e. The monoisotopic (exact) mass is 906 g/mol. The molecular formula is C48H91NO12S. The number of allylic oxidation sites excluding steroid dienone is 4. The Hall–Kier alpha value is -1.46. The van der Waals surface area contributed by atoms with E-state index in [9.17, 15) is 43.3 Å². The highest BCUT2D eigenvalue weighted by Crippen LogP contribution is 2.26. The summed E-state index contributed by atoms with van der Waals surface area (Å²) in [5, 5.41) is 55.5. The second-order valence-corrected chi connectivity index (χ2v) is 18.6. The van der Waals surface area contributed by atoms with Crippen LogP contribution in [0.25, 0.3) is 0 Å². The molecule has 0 spiro atoms. The minimum Gasteiger partial charge on any atom is -0.394 e. The van der Waals surface area contributed by atoms with Gasteiger partial charge in [0.2, 0.25) is 5.91 Å². The number of hydrogen-bond acceptors (Lipinski definition) is 11. The predicted octanol–water partition coefficient (Wildman–Crippen LogP) is 9.08. The van der Waals surface area contributed by atoms with Crippen LogP contribution in [0.5, 0.6) is 0 Å². The minimum atomic E-state index is -5.11. The molecule has 0 saturated carbocycles. The van der Waals surface area contributed by atoms with Crippen LogP contribution in [0.4, 0.5) is 0 Å². The standard InChI is InChI=1S/C48H91NO12S/c1-3-5-7-9-11-13-15-17-19-20-21-23-25-27-29-31-33-35-37-42(52)47(55)49-40(39-59-48-45(54)46(61-62(56,57)58)44(53)43(38-50)60-48)41(51)36-34-32-30-28-26-24-22-18-16-14-12-10-8-6-4-2/h11,13,15,17,40-46,48,50-54H,3-10,12,14,16,18-39H2,1-2H3,(H,49,55)(H,56,57,58)/b13-11-,17-15-. The number of ether oxygens (including phenoxy) is 2. The zero-order valence-corrected chi connectivity index (χ0v) is 39.6. The summed E-state index contributed by atoms with van der Waals surface area (Å²) in [6.07, 6.45) is 32.1. The van der Waals surface area contributed by atoms with E-state index in [1.54, 1.807) is 0 Å². The van der Waals surface area contributed by atoms with Gasteiger partial charge in [0.15, 0.2) is 6.29 Å². The Morgan fingerprint density at radius 1 is 0.645 bits per heavy atom. The maximum absolute atomic E-state index is 13.2. The largest absolute Gasteiger partial charge is 0.397 e. The summed E-state index contributed by atoms with van der Waals surface area (Å²) in [4.78, 5) is 13.2. The van der Waals surface area contributed by atoms with Crippen LogP contribution in [-0.4, -0.2) is 107 Å². The van der Waals surface area contributed by atoms with Crippen LogP contribution in [0.1, 0.15) is 213 Å². The number of aliphatic hydroxyl groups excluding tert-OH is 5. The molecule has 14 heteroatoms. The van der Waals surface area contributed by atoms with Gasteiger partial charge in [-0.25, -0.2) is 4.18 Å². The van der Waals surface area contributed by atoms with Gasteiger partial charge in [-0.15, -0.1) is 0 Å². The zero-order chi connectivity index (χ0) is 45.7. The molecule has 0 aliphatic carbocycles. The van der Waals surface area contributed by atoms with Crippen molar-refractivity contribution in [1.82, 2.24) is 5.32 Å². The molecule has 13 nitrogen and oxygen atoms in total. The van der Waals surface area contributed by atoms with E-state index in [0.29, 0.717) is 19.3 Å². The molecule has 7 N–H and O–H groups in total. The average Bonchev–Trinajstić information content (AvgIpc) is 3.24. The van der Waals surface area contributed by atoms with Crippen molar-refractivity contribution in [2.75, 3.05) is 13.2 Å². The number of amides is 1. The van der Waals surface area contributed by atoms with Gasteiger partial charge in [-0.1, -0.05) is 199 Å². The van der Waals surface area contributed by atoms with Crippen LogP contribution in [-0.2, 0) is 28.9 Å². The first-order chi connectivity index (χ1) is 29.9. The van der Waals surface area contributed by atoms with Crippen LogP contribution in [0.2, 0.25) is 0 Å². The van der Waals surface area contributed by atoms with E-state index < -0.39 is 78.5 Å². The molecule has 1 aliphatic heterocycles. The van der Waals surface area contributed by atoms with E-state index in [-0.39, 0.29) is 6.42 Å². The van der Waals surface area contributed by atoms with Crippen molar-refractivity contribution in [3.63, 3.8) is 0 Å². The molecule has 366 valence electrons. The summed E-state index contributed by atoms with van der Waals surface area (Å²) in [5.41, 5.74) is 0. The molecule has 1 heterocycles. The van der Waals surface area contributed by atoms with E-state index >= 15 is 0 Å². The lowest BCUT2D eigenvalue weighted by Gasteiger charge is -2.41. The molecule has 62 heavy (non-hydrogen) atoms. The van der Waals surface area contributed by atoms with Crippen LogP contribution in [0.15, 0.2) is 24.3 Å². The second-order valence-electron chi connectivity index (χ2n) is 17.6. The highest BCUT2D eigenvalue weighted by atomic mass is 32.3. The van der Waals surface area contributed by atoms with E-state index in [2.05, 4.69) is 47.7 Å². The molecule has 0 radical (unpaired) electrons. The number of carbonyl (C=O) groups excluding carboxylic acids is 1. The molecule has 1 amide bonds. The number of aliphatic hydroxyl groups is 5. The molecule has 8 unspecified atom stereocenters. The Labute approximate surface area is 376 Å². The quantitative estimate of drug-likeness (QED) is 0.0174. The number of unbranched alkanes of at least 4 members (excludes halogenated alkanes) is 26. The lowest BCUT2D eigenvalue weighted by molar-refractivity contribution is -0.298. The van der Waals surface area contributed by atoms with Crippen LogP contribution in [0, 0.1) is 0 Å². The van der Waals surface area contributed by atoms with Crippen molar-refractivity contribution < 1.29 is 57.0 Å². The second kappa shape index (κ2) is 38.8. The van der Waals surface area contributed by atoms with Gasteiger partial charge in [-0.3, -0.25) is 9.35 Å². The Balaban J connectivity index is 2.51. The van der Waals surface area contributed by atoms with Crippen molar-refractivity contribution in [3.8, 4) is 0 Å². The van der Waals surface area contributed by atoms with Gasteiger partial charge in [0.1, 0.15) is 30.5 Å². The molecular weight excluding hydrogens is 815 g/mol. The summed E-state index contributed by atoms with van der Waals surface area (Å²) in [6, 6.07) is -1.03. The number of rotatable bonds is 42. The molecule has 0 bridgehead atoms. The number of hydrogen-bond donors (Lipinski definition) is 7. The van der Waals surface area contributed by atoms with Gasteiger partial charge in [0.05, 0.1) is 25.4 Å². The molecule has 0 aromatic rings. The third-order valence-corrected chi connectivity index (χ3v) is 12.4. The van der Waals surface area contributed by atoms with Crippen molar-refractivity contribution in [2.45, 2.75) is 262 Å². The normalized spacial score (nSPS) is 21.2. The van der Waals surface area contributed by atoms with Gasteiger partial charge in [-0.2, -0.15) is 8.42 Å². The first-order valence-corrected chi connectivity index (χ1v) is 26.2. The van der Waals surface area contributed by atoms with Crippen molar-refractivity contribution in [1.29, 1.82) is 0 Å². The van der Waals surface area contributed by atoms with Gasteiger partial charge in [0.25, 0.3) is 0 Å². The average molecular weight is 906 g/mol. The van der Waals surface area contributed by atoms with E-state index in [1.807, 2.05) is 0 Å². The Morgan fingerprint density at radius 3 is 1.53 bits per heavy atom. The molecule has 1 saturated heterocycles. The first kappa shape index (κ1) is 58.6. The molecule has 1 fully saturated rings. The SMILES string of the molecule is CCCCC/C=C\C=C/CCCCCCCCCCCC(O)C(=O)NC(COC1OC(CO)C(O)C(OS(=O)(=O)O)C1O)C(O)CCCCCCCCCCCCCCCCC. The smallest absolute Gasteiger partial charge is 0.394 e. The van der Waals surface area contributed by atoms with Gasteiger partial charge in [0, 0.05) is 0 Å². The van der Waals surface area contributed by atoms with Crippen molar-refractivity contribution >= 4 is 16.3 Å². The van der Waals surface area contributed by atoms with Crippen LogP contribution in [0.3, 0.4) is 0 Å². The summed E-state index contributed by atoms with van der Waals surface area (Å²) >= 11 is 0. The highest BCUT2D eigenvalue weighted by Gasteiger charge is 2.48. The molecule has 1 aliphatic rings. The fraction of sp³-hybridized carbons (Fsp3) is 0.896. The Bertz CT molecular complexity index is 1220. The summed E-state index contributed by atoms with van der Waals surface area (Å²) < 4.78 is 47.6. The summed E-state index contributed by atoms with van der Waals surface area (Å²) in [7, 11) is -5.11. The summed E-state index contributed by atoms with van der Waals surface area (Å²) in [6.45, 7) is 3.26. The zero-order valence-electron chi connectivity index (χ0n) is 38.8. The van der Waals surface area contributed by atoms with Crippen LogP contribution >= 0.6 is 0 Å². The Kier molecular flexibility index (Phi) is 36.6. The fourth-order valence-corrected chi connectivity index (χ4v) is 8.44. The molecule has 0 aromatic heterocycles. The maximum atomic E-state index is 13.2. The predicted molar refractivity (Wildman–Crippen MR) is 247 cm³/mol. The van der Waals surface area contributed by atoms with Gasteiger partial charge >= 0.3 is 10.4 Å². The molecule has 8 atom stereocenters. The van der Waals surface area contributed by atoms with E-state index in [4.69, 9.17) is 9.47 Å². The van der Waals surface area contributed by atoms with E-state index in [0.717, 1.165) is 51.4 Å². The lowest BCUT2D eigenvalue weighted by Crippen LogP contribution is -2.61.